The zero-order valence-corrected chi connectivity index (χ0v) is 35.4. The van der Waals surface area contributed by atoms with Crippen LogP contribution in [0.2, 0.25) is 0 Å². The molecule has 10 heteroatoms. The second-order valence-electron chi connectivity index (χ2n) is 15.3. The van der Waals surface area contributed by atoms with Crippen molar-refractivity contribution in [3.05, 3.63) is 166 Å². The van der Waals surface area contributed by atoms with Crippen molar-refractivity contribution in [2.45, 2.75) is 72.8 Å². The lowest BCUT2D eigenvalue weighted by Crippen LogP contribution is -2.27. The molecule has 0 fully saturated rings. The van der Waals surface area contributed by atoms with Crippen LogP contribution in [-0.2, 0) is 35.4 Å². The van der Waals surface area contributed by atoms with E-state index < -0.39 is 5.97 Å². The minimum Gasteiger partial charge on any atom is -0.478 e. The molecule has 61 heavy (non-hydrogen) atoms. The van der Waals surface area contributed by atoms with Crippen molar-refractivity contribution >= 4 is 34.9 Å². The molecule has 10 nitrogen and oxygen atoms in total. The van der Waals surface area contributed by atoms with Gasteiger partial charge in [0.05, 0.1) is 5.56 Å². The Kier molecular flexibility index (Phi) is 14.7. The van der Waals surface area contributed by atoms with Crippen LogP contribution in [0.25, 0.3) is 22.3 Å². The van der Waals surface area contributed by atoms with Gasteiger partial charge in [0.25, 0.3) is 0 Å². The zero-order valence-electron chi connectivity index (χ0n) is 35.4. The zero-order chi connectivity index (χ0) is 43.5. The van der Waals surface area contributed by atoms with E-state index in [0.717, 1.165) is 87.4 Å². The number of aromatic carboxylic acids is 1. The topological polar surface area (TPSA) is 147 Å². The van der Waals surface area contributed by atoms with E-state index >= 15 is 0 Å². The van der Waals surface area contributed by atoms with Crippen LogP contribution in [0.1, 0.15) is 87.2 Å². The van der Waals surface area contributed by atoms with E-state index in [1.807, 2.05) is 117 Å². The van der Waals surface area contributed by atoms with Gasteiger partial charge in [-0.25, -0.2) is 4.79 Å². The summed E-state index contributed by atoms with van der Waals surface area (Å²) < 4.78 is 0. The summed E-state index contributed by atoms with van der Waals surface area (Å²) in [7, 11) is 0. The lowest BCUT2D eigenvalue weighted by Gasteiger charge is -2.16. The standard InChI is InChI=1S/C26H26N2O2.C18H17NO3.C7H10N2/c1-3-26(30)28-13-12-23-15-22(9-10-24(23)28)20-5-7-21(8-6-20)25(29)11-4-19-14-18(2)16-27-17-19;1-2-17(20)19-10-9-15-11-14(7-8-16(15)19)12-3-5-13(6-4-12)18(21)22;1-6-2-7(3-8)5-9-4-6/h5-10,14-17H,3-4,11-13H2,1-2H3;3-8,11H,2,9-10H2,1H3,(H,21,22);2,4-5H,3,8H2,1H3. The summed E-state index contributed by atoms with van der Waals surface area (Å²) >= 11 is 0. The van der Waals surface area contributed by atoms with Gasteiger partial charge in [0.1, 0.15) is 0 Å². The normalized spacial score (nSPS) is 12.3. The molecule has 0 atom stereocenters. The quantitative estimate of drug-likeness (QED) is 0.130. The molecule has 0 radical (unpaired) electrons. The number of aryl methyl sites for hydroxylation is 3. The van der Waals surface area contributed by atoms with Gasteiger partial charge in [-0.15, -0.1) is 0 Å². The lowest BCUT2D eigenvalue weighted by molar-refractivity contribution is -0.119. The Morgan fingerprint density at radius 2 is 1.03 bits per heavy atom. The highest BCUT2D eigenvalue weighted by atomic mass is 16.4. The molecular formula is C51H53N5O5. The number of nitrogens with two attached hydrogens (primary N) is 1. The smallest absolute Gasteiger partial charge is 0.335 e. The molecule has 4 heterocycles. The number of ketones is 1. The van der Waals surface area contributed by atoms with Crippen LogP contribution in [0.4, 0.5) is 11.4 Å². The first-order chi connectivity index (χ1) is 29.5. The Bertz CT molecular complexity index is 2520. The first kappa shape index (κ1) is 43.8. The highest BCUT2D eigenvalue weighted by Gasteiger charge is 2.25. The summed E-state index contributed by atoms with van der Waals surface area (Å²) in [5.41, 5.74) is 19.5. The van der Waals surface area contributed by atoms with Crippen molar-refractivity contribution in [3.63, 3.8) is 0 Å². The Hall–Kier alpha value is -6.78. The Morgan fingerprint density at radius 1 is 0.590 bits per heavy atom. The molecule has 2 aliphatic heterocycles. The molecule has 0 bridgehead atoms. The van der Waals surface area contributed by atoms with Gasteiger partial charge in [-0.05, 0) is 125 Å². The molecule has 312 valence electrons. The molecule has 4 aromatic carbocycles. The fourth-order valence-electron chi connectivity index (χ4n) is 7.60. The SMILES string of the molecule is CCC(=O)N1CCc2cc(-c3ccc(C(=O)CCc4cncc(C)c4)cc3)ccc21.CCC(=O)N1CCc2cc(-c3ccc(C(=O)O)cc3)ccc21.Cc1cncc(CN)c1. The van der Waals surface area contributed by atoms with Crippen LogP contribution >= 0.6 is 0 Å². The third-order valence-electron chi connectivity index (χ3n) is 10.9. The highest BCUT2D eigenvalue weighted by Crippen LogP contribution is 2.34. The number of rotatable bonds is 10. The Morgan fingerprint density at radius 3 is 1.46 bits per heavy atom. The third-order valence-corrected chi connectivity index (χ3v) is 10.9. The van der Waals surface area contributed by atoms with E-state index in [-0.39, 0.29) is 23.2 Å². The molecule has 3 N–H and O–H groups in total. The van der Waals surface area contributed by atoms with Crippen molar-refractivity contribution in [2.24, 2.45) is 5.73 Å². The number of hydrogen-bond acceptors (Lipinski definition) is 7. The van der Waals surface area contributed by atoms with E-state index in [9.17, 15) is 19.2 Å². The average molecular weight is 816 g/mol. The van der Waals surface area contributed by atoms with Crippen molar-refractivity contribution in [3.8, 4) is 22.3 Å². The minimum absolute atomic E-state index is 0.144. The number of amides is 2. The number of Topliss-reactive ketones (excluding diaryl/α,β-unsaturated/α-hetero) is 1. The molecular weight excluding hydrogens is 763 g/mol. The molecule has 2 aliphatic rings. The molecule has 6 aromatic rings. The van der Waals surface area contributed by atoms with E-state index in [4.69, 9.17) is 10.8 Å². The van der Waals surface area contributed by atoms with Crippen LogP contribution in [-0.4, -0.2) is 51.7 Å². The summed E-state index contributed by atoms with van der Waals surface area (Å²) in [6, 6.07) is 31.1. The van der Waals surface area contributed by atoms with Gasteiger partial charge in [-0.2, -0.15) is 0 Å². The van der Waals surface area contributed by atoms with E-state index in [1.54, 1.807) is 18.3 Å². The van der Waals surface area contributed by atoms with Crippen LogP contribution in [0, 0.1) is 13.8 Å². The summed E-state index contributed by atoms with van der Waals surface area (Å²) in [6.45, 7) is 9.86. The molecule has 0 saturated heterocycles. The molecule has 2 amide bonds. The van der Waals surface area contributed by atoms with Gasteiger partial charge in [0, 0.05) is 80.6 Å². The van der Waals surface area contributed by atoms with Gasteiger partial charge in [-0.1, -0.05) is 74.5 Å². The molecule has 8 rings (SSSR count). The van der Waals surface area contributed by atoms with Gasteiger partial charge in [-0.3, -0.25) is 24.4 Å². The molecule has 0 aliphatic carbocycles. The number of carbonyl (C=O) groups excluding carboxylic acids is 3. The van der Waals surface area contributed by atoms with Crippen LogP contribution in [0.5, 0.6) is 0 Å². The van der Waals surface area contributed by atoms with Crippen LogP contribution in [0.15, 0.2) is 122 Å². The minimum atomic E-state index is -0.922. The number of aromatic nitrogens is 2. The molecule has 2 aromatic heterocycles. The van der Waals surface area contributed by atoms with Crippen LogP contribution < -0.4 is 15.5 Å². The number of anilines is 2. The van der Waals surface area contributed by atoms with Gasteiger partial charge in [0.15, 0.2) is 5.78 Å². The predicted octanol–water partition coefficient (Wildman–Crippen LogP) is 9.37. The van der Waals surface area contributed by atoms with Crippen LogP contribution in [0.3, 0.4) is 0 Å². The fraction of sp³-hybridized carbons (Fsp3) is 0.255. The number of hydrogen-bond donors (Lipinski definition) is 2. The number of pyridine rings is 2. The Labute approximate surface area is 358 Å². The van der Waals surface area contributed by atoms with Gasteiger partial charge in [0.2, 0.25) is 11.8 Å². The number of carbonyl (C=O) groups is 4. The number of carboxylic acid groups (broad SMARTS) is 1. The number of fused-ring (bicyclic) bond motifs is 2. The van der Waals surface area contributed by atoms with Crippen molar-refractivity contribution < 1.29 is 24.3 Å². The van der Waals surface area contributed by atoms with E-state index in [0.29, 0.717) is 32.2 Å². The Balaban J connectivity index is 0.000000175. The molecule has 0 unspecified atom stereocenters. The second-order valence-corrected chi connectivity index (χ2v) is 15.3. The number of carboxylic acids is 1. The summed E-state index contributed by atoms with van der Waals surface area (Å²) in [5, 5.41) is 8.94. The predicted molar refractivity (Wildman–Crippen MR) is 242 cm³/mol. The monoisotopic (exact) mass is 815 g/mol. The van der Waals surface area contributed by atoms with E-state index in [1.165, 1.54) is 11.1 Å². The van der Waals surface area contributed by atoms with Crippen molar-refractivity contribution in [1.82, 2.24) is 9.97 Å². The highest BCUT2D eigenvalue weighted by molar-refractivity contribution is 5.98. The third kappa shape index (κ3) is 11.1. The summed E-state index contributed by atoms with van der Waals surface area (Å²) in [4.78, 5) is 59.3. The second kappa shape index (κ2) is 20.5. The van der Waals surface area contributed by atoms with Gasteiger partial charge >= 0.3 is 5.97 Å². The fourth-order valence-corrected chi connectivity index (χ4v) is 7.60. The first-order valence-electron chi connectivity index (χ1n) is 20.8. The lowest BCUT2D eigenvalue weighted by atomic mass is 9.98. The summed E-state index contributed by atoms with van der Waals surface area (Å²) in [5.74, 6) is -0.455. The maximum atomic E-state index is 12.6. The maximum Gasteiger partial charge on any atom is 0.335 e. The summed E-state index contributed by atoms with van der Waals surface area (Å²) in [6.07, 6.45) is 11.2. The molecule has 0 saturated carbocycles. The van der Waals surface area contributed by atoms with E-state index in [2.05, 4.69) is 34.2 Å². The van der Waals surface area contributed by atoms with Crippen molar-refractivity contribution in [2.75, 3.05) is 22.9 Å². The largest absolute Gasteiger partial charge is 0.478 e. The van der Waals surface area contributed by atoms with Gasteiger partial charge < -0.3 is 20.6 Å². The number of nitrogens with zero attached hydrogens (tertiary/aromatic N) is 4. The maximum absolute atomic E-state index is 12.6. The van der Waals surface area contributed by atoms with Crippen molar-refractivity contribution in [1.29, 1.82) is 0 Å². The molecule has 0 spiro atoms. The first-order valence-corrected chi connectivity index (χ1v) is 20.8. The average Bonchev–Trinajstić information content (AvgIpc) is 3.92. The number of benzene rings is 4.